The molecule has 0 bridgehead atoms. The molecular formula is C17H22F3N5O5. The molecule has 1 heterocycles. The van der Waals surface area contributed by atoms with Crippen molar-refractivity contribution in [3.8, 4) is 11.5 Å². The van der Waals surface area contributed by atoms with E-state index in [9.17, 15) is 18.0 Å². The van der Waals surface area contributed by atoms with E-state index in [2.05, 4.69) is 20.7 Å². The highest BCUT2D eigenvalue weighted by molar-refractivity contribution is 5.87. The Morgan fingerprint density at radius 2 is 1.87 bits per heavy atom. The number of methoxy groups -OCH3 is 2. The molecule has 0 spiro atoms. The number of amides is 2. The van der Waals surface area contributed by atoms with Crippen LogP contribution in [0.25, 0.3) is 0 Å². The average molecular weight is 433 g/mol. The zero-order chi connectivity index (χ0) is 22.9. The number of carbonyl (C=O) groups excluding carboxylic acids is 1. The maximum Gasteiger partial charge on any atom is 0.490 e. The molecule has 10 nitrogen and oxygen atoms in total. The van der Waals surface area contributed by atoms with E-state index in [1.165, 1.54) is 0 Å². The van der Waals surface area contributed by atoms with Crippen LogP contribution in [0, 0.1) is 0 Å². The van der Waals surface area contributed by atoms with Crippen LogP contribution in [-0.2, 0) is 24.8 Å². The molecule has 2 rings (SSSR count). The number of aromatic nitrogens is 3. The van der Waals surface area contributed by atoms with E-state index >= 15 is 0 Å². The number of halogens is 3. The maximum atomic E-state index is 12.0. The van der Waals surface area contributed by atoms with Gasteiger partial charge in [-0.1, -0.05) is 6.92 Å². The molecule has 0 saturated carbocycles. The van der Waals surface area contributed by atoms with Crippen molar-refractivity contribution in [3.63, 3.8) is 0 Å². The molecule has 0 radical (unpaired) electrons. The minimum Gasteiger partial charge on any atom is -0.497 e. The second-order valence-corrected chi connectivity index (χ2v) is 5.62. The van der Waals surface area contributed by atoms with Crippen LogP contribution in [0.4, 0.5) is 23.9 Å². The van der Waals surface area contributed by atoms with E-state index in [-0.39, 0.29) is 12.0 Å². The van der Waals surface area contributed by atoms with Crippen molar-refractivity contribution in [1.82, 2.24) is 20.1 Å². The predicted octanol–water partition coefficient (Wildman–Crippen LogP) is 2.35. The van der Waals surface area contributed by atoms with E-state index in [1.807, 2.05) is 13.0 Å². The molecule has 3 N–H and O–H groups in total. The molecule has 0 aliphatic heterocycles. The summed E-state index contributed by atoms with van der Waals surface area (Å²) in [7, 11) is 4.95. The number of alkyl halides is 3. The topological polar surface area (TPSA) is 128 Å². The van der Waals surface area contributed by atoms with Crippen LogP contribution in [0.3, 0.4) is 0 Å². The standard InChI is InChI=1S/C15H21N5O3.C2HF3O2/c1-5-13-17-14(19-20(13)2)18-15(21)16-9-10-8-11(22-3)6-7-12(10)23-4;3-2(4,5)1(6)7/h6-8H,5,9H2,1-4H3,(H2,16,18,19,21);(H,6,7). The molecule has 2 amide bonds. The summed E-state index contributed by atoms with van der Waals surface area (Å²) < 4.78 is 43.8. The number of aliphatic carboxylic acids is 1. The molecule has 0 atom stereocenters. The van der Waals surface area contributed by atoms with Gasteiger partial charge < -0.3 is 19.9 Å². The first kappa shape index (κ1) is 24.5. The van der Waals surface area contributed by atoms with Crippen molar-refractivity contribution in [2.45, 2.75) is 26.1 Å². The number of hydrogen-bond acceptors (Lipinski definition) is 6. The van der Waals surface area contributed by atoms with E-state index in [1.54, 1.807) is 38.1 Å². The normalized spacial score (nSPS) is 10.5. The summed E-state index contributed by atoms with van der Waals surface area (Å²) in [5, 5.41) is 16.6. The van der Waals surface area contributed by atoms with E-state index in [0.29, 0.717) is 18.0 Å². The lowest BCUT2D eigenvalue weighted by molar-refractivity contribution is -0.192. The highest BCUT2D eigenvalue weighted by Crippen LogP contribution is 2.23. The fourth-order valence-electron chi connectivity index (χ4n) is 2.12. The summed E-state index contributed by atoms with van der Waals surface area (Å²) in [4.78, 5) is 25.1. The smallest absolute Gasteiger partial charge is 0.490 e. The number of carboxylic acid groups (broad SMARTS) is 1. The Morgan fingerprint density at radius 1 is 1.23 bits per heavy atom. The summed E-state index contributed by atoms with van der Waals surface area (Å²) in [5.74, 6) is -0.306. The van der Waals surface area contributed by atoms with Gasteiger partial charge >= 0.3 is 18.2 Å². The summed E-state index contributed by atoms with van der Waals surface area (Å²) in [6, 6.07) is 5.02. The summed E-state index contributed by atoms with van der Waals surface area (Å²) in [6.07, 6.45) is -4.34. The van der Waals surface area contributed by atoms with Crippen LogP contribution in [0.2, 0.25) is 0 Å². The minimum atomic E-state index is -5.08. The number of anilines is 1. The van der Waals surface area contributed by atoms with Gasteiger partial charge in [-0.15, -0.1) is 5.10 Å². The fourth-order valence-corrected chi connectivity index (χ4v) is 2.12. The monoisotopic (exact) mass is 433 g/mol. The number of nitrogens with one attached hydrogen (secondary N) is 2. The molecule has 0 aliphatic carbocycles. The molecule has 0 saturated heterocycles. The van der Waals surface area contributed by atoms with Gasteiger partial charge in [-0.05, 0) is 18.2 Å². The van der Waals surface area contributed by atoms with Gasteiger partial charge in [0.25, 0.3) is 0 Å². The molecule has 1 aromatic heterocycles. The quantitative estimate of drug-likeness (QED) is 0.638. The summed E-state index contributed by atoms with van der Waals surface area (Å²) in [5.41, 5.74) is 0.810. The molecular weight excluding hydrogens is 411 g/mol. The van der Waals surface area contributed by atoms with Gasteiger partial charge in [0.1, 0.15) is 17.3 Å². The second kappa shape index (κ2) is 10.9. The van der Waals surface area contributed by atoms with Crippen LogP contribution in [0.1, 0.15) is 18.3 Å². The van der Waals surface area contributed by atoms with Crippen molar-refractivity contribution in [2.75, 3.05) is 19.5 Å². The minimum absolute atomic E-state index is 0.277. The van der Waals surface area contributed by atoms with Crippen molar-refractivity contribution in [2.24, 2.45) is 7.05 Å². The molecule has 13 heteroatoms. The maximum absolute atomic E-state index is 12.0. The van der Waals surface area contributed by atoms with Gasteiger partial charge in [-0.25, -0.2) is 9.59 Å². The third-order valence-corrected chi connectivity index (χ3v) is 3.56. The number of aryl methyl sites for hydroxylation is 2. The van der Waals surface area contributed by atoms with Gasteiger partial charge in [0.2, 0.25) is 5.95 Å². The average Bonchev–Trinajstić information content (AvgIpc) is 3.04. The number of rotatable bonds is 6. The van der Waals surface area contributed by atoms with Gasteiger partial charge in [-0.2, -0.15) is 18.2 Å². The lowest BCUT2D eigenvalue weighted by atomic mass is 10.2. The van der Waals surface area contributed by atoms with E-state index in [4.69, 9.17) is 19.4 Å². The number of ether oxygens (including phenoxy) is 2. The van der Waals surface area contributed by atoms with Crippen molar-refractivity contribution < 1.29 is 37.3 Å². The van der Waals surface area contributed by atoms with Crippen LogP contribution in [0.15, 0.2) is 18.2 Å². The molecule has 166 valence electrons. The Balaban J connectivity index is 0.000000553. The van der Waals surface area contributed by atoms with Crippen LogP contribution < -0.4 is 20.1 Å². The van der Waals surface area contributed by atoms with Crippen molar-refractivity contribution in [1.29, 1.82) is 0 Å². The third kappa shape index (κ3) is 7.48. The van der Waals surface area contributed by atoms with Crippen molar-refractivity contribution >= 4 is 17.9 Å². The Labute approximate surface area is 170 Å². The van der Waals surface area contributed by atoms with E-state index < -0.39 is 12.1 Å². The zero-order valence-corrected chi connectivity index (χ0v) is 16.7. The molecule has 30 heavy (non-hydrogen) atoms. The van der Waals surface area contributed by atoms with Gasteiger partial charge in [0.05, 0.1) is 14.2 Å². The number of benzene rings is 1. The lowest BCUT2D eigenvalue weighted by Gasteiger charge is -2.11. The highest BCUT2D eigenvalue weighted by Gasteiger charge is 2.38. The predicted molar refractivity (Wildman–Crippen MR) is 99.5 cm³/mol. The number of nitrogens with zero attached hydrogens (tertiary/aromatic N) is 3. The first-order valence-electron chi connectivity index (χ1n) is 8.47. The second-order valence-electron chi connectivity index (χ2n) is 5.62. The largest absolute Gasteiger partial charge is 0.497 e. The fraction of sp³-hybridized carbons (Fsp3) is 0.412. The molecule has 0 unspecified atom stereocenters. The molecule has 0 aliphatic rings. The number of carboxylic acids is 1. The number of hydrogen-bond donors (Lipinski definition) is 3. The molecule has 1 aromatic carbocycles. The van der Waals surface area contributed by atoms with Crippen molar-refractivity contribution in [3.05, 3.63) is 29.6 Å². The van der Waals surface area contributed by atoms with Crippen LogP contribution in [0.5, 0.6) is 11.5 Å². The molecule has 2 aromatic rings. The first-order valence-corrected chi connectivity index (χ1v) is 8.47. The molecule has 0 fully saturated rings. The Bertz CT molecular complexity index is 870. The highest BCUT2D eigenvalue weighted by atomic mass is 19.4. The van der Waals surface area contributed by atoms with Gasteiger partial charge in [0.15, 0.2) is 0 Å². The summed E-state index contributed by atoms with van der Waals surface area (Å²) in [6.45, 7) is 2.27. The van der Waals surface area contributed by atoms with E-state index in [0.717, 1.165) is 17.8 Å². The number of carbonyl (C=O) groups is 2. The zero-order valence-electron chi connectivity index (χ0n) is 16.7. The van der Waals surface area contributed by atoms with Crippen LogP contribution >= 0.6 is 0 Å². The SMILES string of the molecule is CCc1nc(NC(=O)NCc2cc(OC)ccc2OC)nn1C.O=C(O)C(F)(F)F. The first-order chi connectivity index (χ1) is 14.0. The Kier molecular flexibility index (Phi) is 8.89. The van der Waals surface area contributed by atoms with Gasteiger partial charge in [0, 0.05) is 25.6 Å². The number of urea groups is 1. The van der Waals surface area contributed by atoms with Gasteiger partial charge in [-0.3, -0.25) is 10.00 Å². The lowest BCUT2D eigenvalue weighted by Crippen LogP contribution is -2.28. The Morgan fingerprint density at radius 3 is 2.33 bits per heavy atom. The third-order valence-electron chi connectivity index (χ3n) is 3.56. The Hall–Kier alpha value is -3.51. The summed E-state index contributed by atoms with van der Waals surface area (Å²) >= 11 is 0. The van der Waals surface area contributed by atoms with Crippen LogP contribution in [-0.4, -0.2) is 52.3 Å².